The number of alkyl carbamates (subject to hydrolysis) is 1. The van der Waals surface area contributed by atoms with E-state index in [2.05, 4.69) is 10.3 Å². The molecule has 2 N–H and O–H groups in total. The van der Waals surface area contributed by atoms with Crippen LogP contribution in [-0.4, -0.2) is 29.0 Å². The van der Waals surface area contributed by atoms with E-state index < -0.39 is 11.7 Å². The number of benzene rings is 1. The highest BCUT2D eigenvalue weighted by Gasteiger charge is 2.15. The first kappa shape index (κ1) is 17.1. The molecule has 0 atom stereocenters. The Hall–Kier alpha value is -2.30. The standard InChI is InChI=1S/C18H24N2O3/c1-18(2,3)23-17(22)20-10-5-4-6-16(21)14-7-8-15-13(12-14)9-11-19-15/h7-9,11-12,19H,4-6,10H2,1-3H3,(H,20,22). The van der Waals surface area contributed by atoms with E-state index in [1.165, 1.54) is 0 Å². The Morgan fingerprint density at radius 3 is 2.70 bits per heavy atom. The van der Waals surface area contributed by atoms with Gasteiger partial charge < -0.3 is 15.0 Å². The highest BCUT2D eigenvalue weighted by Crippen LogP contribution is 2.16. The second-order valence-electron chi connectivity index (χ2n) is 6.59. The van der Waals surface area contributed by atoms with E-state index in [1.807, 2.05) is 51.2 Å². The number of ketones is 1. The maximum Gasteiger partial charge on any atom is 0.407 e. The minimum Gasteiger partial charge on any atom is -0.444 e. The summed E-state index contributed by atoms with van der Waals surface area (Å²) in [5.74, 6) is 0.130. The molecule has 0 aliphatic carbocycles. The number of hydrogen-bond acceptors (Lipinski definition) is 3. The molecule has 0 saturated heterocycles. The van der Waals surface area contributed by atoms with Gasteiger partial charge in [-0.25, -0.2) is 4.79 Å². The maximum absolute atomic E-state index is 12.2. The molecule has 1 aromatic carbocycles. The lowest BCUT2D eigenvalue weighted by atomic mass is 10.0. The van der Waals surface area contributed by atoms with Gasteiger partial charge in [0.1, 0.15) is 5.60 Å². The van der Waals surface area contributed by atoms with Crippen molar-refractivity contribution in [3.05, 3.63) is 36.0 Å². The summed E-state index contributed by atoms with van der Waals surface area (Å²) in [6.07, 6.45) is 3.41. The summed E-state index contributed by atoms with van der Waals surface area (Å²) in [5, 5.41) is 3.74. The fourth-order valence-corrected chi connectivity index (χ4v) is 2.29. The van der Waals surface area contributed by atoms with Crippen molar-refractivity contribution < 1.29 is 14.3 Å². The molecule has 124 valence electrons. The molecule has 0 radical (unpaired) electrons. The first-order valence-electron chi connectivity index (χ1n) is 7.92. The van der Waals surface area contributed by atoms with Crippen LogP contribution in [0.1, 0.15) is 50.4 Å². The van der Waals surface area contributed by atoms with E-state index in [9.17, 15) is 9.59 Å². The van der Waals surface area contributed by atoms with Gasteiger partial charge in [-0.3, -0.25) is 4.79 Å². The van der Waals surface area contributed by atoms with Crippen LogP contribution in [0, 0.1) is 0 Å². The number of rotatable bonds is 6. The van der Waals surface area contributed by atoms with Gasteiger partial charge in [0, 0.05) is 35.6 Å². The molecular weight excluding hydrogens is 292 g/mol. The summed E-state index contributed by atoms with van der Waals surface area (Å²) in [4.78, 5) is 26.8. The smallest absolute Gasteiger partial charge is 0.407 e. The molecule has 1 amide bonds. The van der Waals surface area contributed by atoms with Gasteiger partial charge in [0.15, 0.2) is 5.78 Å². The number of nitrogens with one attached hydrogen (secondary N) is 2. The highest BCUT2D eigenvalue weighted by molar-refractivity contribution is 5.99. The summed E-state index contributed by atoms with van der Waals surface area (Å²) < 4.78 is 5.15. The van der Waals surface area contributed by atoms with Crippen molar-refractivity contribution in [1.82, 2.24) is 10.3 Å². The van der Waals surface area contributed by atoms with Crippen molar-refractivity contribution in [2.24, 2.45) is 0 Å². The Labute approximate surface area is 136 Å². The predicted molar refractivity (Wildman–Crippen MR) is 90.7 cm³/mol. The summed E-state index contributed by atoms with van der Waals surface area (Å²) in [5.41, 5.74) is 1.28. The topological polar surface area (TPSA) is 71.2 Å². The van der Waals surface area contributed by atoms with Crippen molar-refractivity contribution in [3.63, 3.8) is 0 Å². The number of unbranched alkanes of at least 4 members (excludes halogenated alkanes) is 1. The molecule has 0 aliphatic heterocycles. The van der Waals surface area contributed by atoms with Gasteiger partial charge in [-0.15, -0.1) is 0 Å². The quantitative estimate of drug-likeness (QED) is 0.624. The van der Waals surface area contributed by atoms with E-state index in [1.54, 1.807) is 0 Å². The van der Waals surface area contributed by atoms with Crippen LogP contribution in [0.3, 0.4) is 0 Å². The Kier molecular flexibility index (Phi) is 5.42. The van der Waals surface area contributed by atoms with Crippen LogP contribution in [0.4, 0.5) is 4.79 Å². The van der Waals surface area contributed by atoms with E-state index in [4.69, 9.17) is 4.74 Å². The molecule has 1 aromatic heterocycles. The fourth-order valence-electron chi connectivity index (χ4n) is 2.29. The Morgan fingerprint density at radius 2 is 1.96 bits per heavy atom. The molecule has 5 heteroatoms. The number of aromatic amines is 1. The SMILES string of the molecule is CC(C)(C)OC(=O)NCCCCC(=O)c1ccc2[nH]ccc2c1. The lowest BCUT2D eigenvalue weighted by Gasteiger charge is -2.19. The molecule has 0 unspecified atom stereocenters. The monoisotopic (exact) mass is 316 g/mol. The molecule has 0 spiro atoms. The van der Waals surface area contributed by atoms with Crippen LogP contribution in [0.2, 0.25) is 0 Å². The van der Waals surface area contributed by atoms with E-state index in [-0.39, 0.29) is 5.78 Å². The van der Waals surface area contributed by atoms with Gasteiger partial charge >= 0.3 is 6.09 Å². The number of hydrogen-bond donors (Lipinski definition) is 2. The highest BCUT2D eigenvalue weighted by atomic mass is 16.6. The van der Waals surface area contributed by atoms with Gasteiger partial charge in [-0.1, -0.05) is 0 Å². The van der Waals surface area contributed by atoms with Gasteiger partial charge in [0.25, 0.3) is 0 Å². The Balaban J connectivity index is 1.69. The number of ether oxygens (including phenoxy) is 1. The number of aromatic nitrogens is 1. The molecule has 5 nitrogen and oxygen atoms in total. The molecule has 23 heavy (non-hydrogen) atoms. The average Bonchev–Trinajstić information content (AvgIpc) is 2.92. The van der Waals surface area contributed by atoms with Crippen molar-refractivity contribution in [3.8, 4) is 0 Å². The summed E-state index contributed by atoms with van der Waals surface area (Å²) in [6, 6.07) is 7.64. The van der Waals surface area contributed by atoms with Crippen LogP contribution in [0.5, 0.6) is 0 Å². The molecule has 0 bridgehead atoms. The van der Waals surface area contributed by atoms with Crippen LogP contribution >= 0.6 is 0 Å². The Morgan fingerprint density at radius 1 is 1.17 bits per heavy atom. The van der Waals surface area contributed by atoms with Gasteiger partial charge in [-0.05, 0) is 57.9 Å². The summed E-state index contributed by atoms with van der Waals surface area (Å²) in [7, 11) is 0. The first-order chi connectivity index (χ1) is 10.8. The third-order valence-corrected chi connectivity index (χ3v) is 3.37. The van der Waals surface area contributed by atoms with Gasteiger partial charge in [-0.2, -0.15) is 0 Å². The van der Waals surface area contributed by atoms with Gasteiger partial charge in [0.05, 0.1) is 0 Å². The molecule has 0 saturated carbocycles. The van der Waals surface area contributed by atoms with Crippen molar-refractivity contribution >= 4 is 22.8 Å². The zero-order valence-corrected chi connectivity index (χ0v) is 13.9. The third kappa shape index (κ3) is 5.43. The normalized spacial score (nSPS) is 11.4. The Bertz CT molecular complexity index is 683. The third-order valence-electron chi connectivity index (χ3n) is 3.37. The number of carbonyl (C=O) groups excluding carboxylic acids is 2. The second-order valence-corrected chi connectivity index (χ2v) is 6.59. The van der Waals surface area contributed by atoms with Gasteiger partial charge in [0.2, 0.25) is 0 Å². The number of amides is 1. The predicted octanol–water partition coefficient (Wildman–Crippen LogP) is 4.05. The van der Waals surface area contributed by atoms with Crippen molar-refractivity contribution in [2.45, 2.75) is 45.6 Å². The molecular formula is C18H24N2O3. The van der Waals surface area contributed by atoms with Crippen molar-refractivity contribution in [2.75, 3.05) is 6.54 Å². The largest absolute Gasteiger partial charge is 0.444 e. The number of Topliss-reactive ketones (excluding diaryl/α,β-unsaturated/α-hetero) is 1. The van der Waals surface area contributed by atoms with Crippen LogP contribution < -0.4 is 5.32 Å². The lowest BCUT2D eigenvalue weighted by molar-refractivity contribution is 0.0527. The zero-order valence-electron chi connectivity index (χ0n) is 13.9. The van der Waals surface area contributed by atoms with Crippen LogP contribution in [-0.2, 0) is 4.74 Å². The molecule has 1 heterocycles. The molecule has 2 rings (SSSR count). The minimum atomic E-state index is -0.489. The van der Waals surface area contributed by atoms with E-state index in [0.717, 1.165) is 29.3 Å². The van der Waals surface area contributed by atoms with Crippen LogP contribution in [0.15, 0.2) is 30.5 Å². The lowest BCUT2D eigenvalue weighted by Crippen LogP contribution is -2.33. The number of carbonyl (C=O) groups is 2. The van der Waals surface area contributed by atoms with Crippen LogP contribution in [0.25, 0.3) is 10.9 Å². The average molecular weight is 316 g/mol. The first-order valence-corrected chi connectivity index (χ1v) is 7.92. The number of H-pyrrole nitrogens is 1. The maximum atomic E-state index is 12.2. The summed E-state index contributed by atoms with van der Waals surface area (Å²) >= 11 is 0. The fraction of sp³-hybridized carbons (Fsp3) is 0.444. The molecule has 0 aliphatic rings. The molecule has 0 fully saturated rings. The zero-order chi connectivity index (χ0) is 16.9. The summed E-state index contributed by atoms with van der Waals surface area (Å²) in [6.45, 7) is 5.99. The minimum absolute atomic E-state index is 0.130. The second kappa shape index (κ2) is 7.31. The van der Waals surface area contributed by atoms with E-state index in [0.29, 0.717) is 13.0 Å². The molecule has 2 aromatic rings. The van der Waals surface area contributed by atoms with Crippen molar-refractivity contribution in [1.29, 1.82) is 0 Å². The number of fused-ring (bicyclic) bond motifs is 1. The van der Waals surface area contributed by atoms with E-state index >= 15 is 0 Å².